The number of halogens is 1. The summed E-state index contributed by atoms with van der Waals surface area (Å²) in [5.74, 6) is 0.391. The monoisotopic (exact) mass is 425 g/mol. The molecule has 1 saturated heterocycles. The Morgan fingerprint density at radius 3 is 2.61 bits per heavy atom. The number of rotatable bonds is 7. The van der Waals surface area contributed by atoms with Gasteiger partial charge >= 0.3 is 0 Å². The summed E-state index contributed by atoms with van der Waals surface area (Å²) in [6.45, 7) is 4.00. The van der Waals surface area contributed by atoms with E-state index in [0.717, 1.165) is 19.5 Å². The summed E-state index contributed by atoms with van der Waals surface area (Å²) in [5, 5.41) is 6.13. The lowest BCUT2D eigenvalue weighted by Gasteiger charge is -2.13. The number of anilines is 1. The fourth-order valence-electron chi connectivity index (χ4n) is 2.87. The summed E-state index contributed by atoms with van der Waals surface area (Å²) in [6, 6.07) is 12.7. The molecule has 152 valence electrons. The van der Waals surface area contributed by atoms with Gasteiger partial charge in [0.15, 0.2) is 0 Å². The van der Waals surface area contributed by atoms with Crippen molar-refractivity contribution < 1.29 is 17.9 Å². The Morgan fingerprint density at radius 1 is 1.21 bits per heavy atom. The maximum absolute atomic E-state index is 12.6. The van der Waals surface area contributed by atoms with E-state index in [9.17, 15) is 13.2 Å². The van der Waals surface area contributed by atoms with Crippen molar-refractivity contribution in [3.05, 3.63) is 54.1 Å². The minimum absolute atomic E-state index is 0. The van der Waals surface area contributed by atoms with Gasteiger partial charge < -0.3 is 15.4 Å². The number of ether oxygens (including phenoxy) is 1. The number of amides is 1. The van der Waals surface area contributed by atoms with Crippen LogP contribution in [0.2, 0.25) is 0 Å². The number of sulfonamides is 1. The molecule has 1 heterocycles. The van der Waals surface area contributed by atoms with Crippen molar-refractivity contribution in [1.29, 1.82) is 0 Å². The number of carbonyl (C=O) groups is 1. The second kappa shape index (κ2) is 9.77. The van der Waals surface area contributed by atoms with Gasteiger partial charge in [-0.15, -0.1) is 12.4 Å². The van der Waals surface area contributed by atoms with E-state index >= 15 is 0 Å². The van der Waals surface area contributed by atoms with Crippen LogP contribution in [0.15, 0.2) is 53.4 Å². The van der Waals surface area contributed by atoms with Gasteiger partial charge in [-0.1, -0.05) is 6.07 Å². The lowest BCUT2D eigenvalue weighted by Crippen LogP contribution is -2.36. The Bertz CT molecular complexity index is 898. The van der Waals surface area contributed by atoms with E-state index in [4.69, 9.17) is 4.74 Å². The van der Waals surface area contributed by atoms with Crippen LogP contribution in [-0.2, 0) is 10.0 Å². The number of hydrogen-bond donors (Lipinski definition) is 3. The molecular formula is C19H24ClN3O4S. The molecule has 1 aliphatic rings. The van der Waals surface area contributed by atoms with Crippen molar-refractivity contribution >= 4 is 34.0 Å². The smallest absolute Gasteiger partial charge is 0.261 e. The van der Waals surface area contributed by atoms with Crippen LogP contribution in [-0.4, -0.2) is 40.1 Å². The highest BCUT2D eigenvalue weighted by Gasteiger charge is 2.19. The predicted octanol–water partition coefficient (Wildman–Crippen LogP) is 2.40. The molecule has 1 amide bonds. The molecule has 0 bridgehead atoms. The summed E-state index contributed by atoms with van der Waals surface area (Å²) in [6.07, 6.45) is 0.885. The van der Waals surface area contributed by atoms with E-state index < -0.39 is 10.0 Å². The lowest BCUT2D eigenvalue weighted by atomic mass is 10.1. The van der Waals surface area contributed by atoms with Crippen molar-refractivity contribution in [2.75, 3.05) is 24.4 Å². The van der Waals surface area contributed by atoms with E-state index in [-0.39, 0.29) is 29.3 Å². The Morgan fingerprint density at radius 2 is 1.96 bits per heavy atom. The highest BCUT2D eigenvalue weighted by Crippen LogP contribution is 2.20. The molecule has 0 spiro atoms. The molecule has 0 aromatic heterocycles. The van der Waals surface area contributed by atoms with Crippen LogP contribution < -0.4 is 20.1 Å². The fourth-order valence-corrected chi connectivity index (χ4v) is 3.92. The van der Waals surface area contributed by atoms with Crippen LogP contribution in [0.1, 0.15) is 23.7 Å². The van der Waals surface area contributed by atoms with Crippen LogP contribution in [0.4, 0.5) is 5.69 Å². The van der Waals surface area contributed by atoms with E-state index in [1.54, 1.807) is 30.3 Å². The molecule has 1 aliphatic heterocycles. The highest BCUT2D eigenvalue weighted by atomic mass is 35.5. The van der Waals surface area contributed by atoms with Gasteiger partial charge in [-0.25, -0.2) is 8.42 Å². The molecule has 1 unspecified atom stereocenters. The molecule has 1 atom stereocenters. The third-order valence-corrected chi connectivity index (χ3v) is 5.61. The lowest BCUT2D eigenvalue weighted by molar-refractivity contribution is 0.0940. The Kier molecular flexibility index (Phi) is 7.68. The Labute approximate surface area is 171 Å². The van der Waals surface area contributed by atoms with Gasteiger partial charge in [-0.3, -0.25) is 9.52 Å². The average molecular weight is 426 g/mol. The summed E-state index contributed by atoms with van der Waals surface area (Å²) in [7, 11) is -3.76. The minimum atomic E-state index is -3.76. The standard InChI is InChI=1S/C19H23N3O4S.ClH/c1-2-26-17-6-8-18(9-7-17)27(24,25)22-15-5-3-4-14(12-15)19(23)21-16-10-11-20-13-16;/h3-9,12,16,20,22H,2,10-11,13H2,1H3,(H,21,23);1H. The Balaban J connectivity index is 0.00000280. The molecule has 3 rings (SSSR count). The first-order valence-electron chi connectivity index (χ1n) is 8.85. The van der Waals surface area contributed by atoms with Crippen LogP contribution in [0.25, 0.3) is 0 Å². The molecule has 7 nitrogen and oxygen atoms in total. The van der Waals surface area contributed by atoms with Crippen LogP contribution in [0.5, 0.6) is 5.75 Å². The first kappa shape index (κ1) is 22.0. The molecule has 3 N–H and O–H groups in total. The summed E-state index contributed by atoms with van der Waals surface area (Å²) in [4.78, 5) is 12.5. The maximum Gasteiger partial charge on any atom is 0.261 e. The van der Waals surface area contributed by atoms with Crippen LogP contribution >= 0.6 is 12.4 Å². The van der Waals surface area contributed by atoms with Crippen LogP contribution in [0.3, 0.4) is 0 Å². The zero-order valence-corrected chi connectivity index (χ0v) is 17.1. The normalized spacial score (nSPS) is 16.1. The molecule has 0 aliphatic carbocycles. The fraction of sp³-hybridized carbons (Fsp3) is 0.316. The highest BCUT2D eigenvalue weighted by molar-refractivity contribution is 7.92. The number of benzene rings is 2. The summed E-state index contributed by atoms with van der Waals surface area (Å²) >= 11 is 0. The van der Waals surface area contributed by atoms with Gasteiger partial charge in [0.25, 0.3) is 15.9 Å². The molecule has 0 saturated carbocycles. The molecule has 0 radical (unpaired) electrons. The molecule has 2 aromatic carbocycles. The third-order valence-electron chi connectivity index (χ3n) is 4.22. The van der Waals surface area contributed by atoms with Gasteiger partial charge in [0.1, 0.15) is 5.75 Å². The minimum Gasteiger partial charge on any atom is -0.494 e. The Hall–Kier alpha value is -2.29. The number of carbonyl (C=O) groups excluding carboxylic acids is 1. The molecular weight excluding hydrogens is 402 g/mol. The van der Waals surface area contributed by atoms with Gasteiger partial charge in [0, 0.05) is 23.8 Å². The van der Waals surface area contributed by atoms with E-state index in [0.29, 0.717) is 23.6 Å². The van der Waals surface area contributed by atoms with Gasteiger partial charge in [-0.2, -0.15) is 0 Å². The topological polar surface area (TPSA) is 96.5 Å². The molecule has 28 heavy (non-hydrogen) atoms. The van der Waals surface area contributed by atoms with Gasteiger partial charge in [0.05, 0.1) is 11.5 Å². The zero-order chi connectivity index (χ0) is 19.3. The quantitative estimate of drug-likeness (QED) is 0.633. The SMILES string of the molecule is CCOc1ccc(S(=O)(=O)Nc2cccc(C(=O)NC3CCNC3)c2)cc1.Cl. The van der Waals surface area contributed by atoms with E-state index in [1.807, 2.05) is 6.92 Å². The first-order chi connectivity index (χ1) is 13.0. The third kappa shape index (κ3) is 5.60. The predicted molar refractivity (Wildman–Crippen MR) is 111 cm³/mol. The van der Waals surface area contributed by atoms with Crippen molar-refractivity contribution in [2.45, 2.75) is 24.3 Å². The van der Waals surface area contributed by atoms with Crippen molar-refractivity contribution in [3.8, 4) is 5.75 Å². The molecule has 2 aromatic rings. The molecule has 1 fully saturated rings. The number of hydrogen-bond acceptors (Lipinski definition) is 5. The van der Waals surface area contributed by atoms with Crippen molar-refractivity contribution in [3.63, 3.8) is 0 Å². The van der Waals surface area contributed by atoms with Crippen molar-refractivity contribution in [1.82, 2.24) is 10.6 Å². The number of nitrogens with one attached hydrogen (secondary N) is 3. The van der Waals surface area contributed by atoms with E-state index in [2.05, 4.69) is 15.4 Å². The summed E-state index contributed by atoms with van der Waals surface area (Å²) in [5.41, 5.74) is 0.745. The first-order valence-corrected chi connectivity index (χ1v) is 10.3. The average Bonchev–Trinajstić information content (AvgIpc) is 3.15. The largest absolute Gasteiger partial charge is 0.494 e. The second-order valence-electron chi connectivity index (χ2n) is 6.25. The zero-order valence-electron chi connectivity index (χ0n) is 15.5. The summed E-state index contributed by atoms with van der Waals surface area (Å²) < 4.78 is 33.0. The van der Waals surface area contributed by atoms with Crippen LogP contribution in [0, 0.1) is 0 Å². The van der Waals surface area contributed by atoms with Gasteiger partial charge in [-0.05, 0) is 62.4 Å². The van der Waals surface area contributed by atoms with E-state index in [1.165, 1.54) is 18.2 Å². The van der Waals surface area contributed by atoms with Crippen molar-refractivity contribution in [2.24, 2.45) is 0 Å². The van der Waals surface area contributed by atoms with Gasteiger partial charge in [0.2, 0.25) is 0 Å². The maximum atomic E-state index is 12.6. The molecule has 9 heteroatoms. The second-order valence-corrected chi connectivity index (χ2v) is 7.94.